The van der Waals surface area contributed by atoms with Crippen molar-refractivity contribution in [3.63, 3.8) is 0 Å². The number of rotatable bonds is 15. The predicted octanol–water partition coefficient (Wildman–Crippen LogP) is 2.65. The molecule has 2 aromatic carbocycles. The van der Waals surface area contributed by atoms with Gasteiger partial charge in [0.2, 0.25) is 11.8 Å². The van der Waals surface area contributed by atoms with Gasteiger partial charge in [-0.1, -0.05) is 17.7 Å². The Morgan fingerprint density at radius 2 is 1.79 bits per heavy atom. The second-order valence-corrected chi connectivity index (χ2v) is 12.5. The number of carbonyl (C=O) groups is 5. The fourth-order valence-electron chi connectivity index (χ4n) is 5.93. The SMILES string of the molecule is C[C@H](Cn1ccc(-c2ccc(C#N)c(Cl)c2)n1)n1nc(C(N)=O)cc1COCCOCCOc1ccc2c(c1)C(=O)N(C1CCC(=O)NC1=O)C2=O. The first-order chi connectivity index (χ1) is 25.0. The molecule has 4 heterocycles. The molecule has 2 atom stereocenters. The number of nitrogens with one attached hydrogen (secondary N) is 1. The third kappa shape index (κ3) is 7.71. The molecule has 0 saturated carbocycles. The van der Waals surface area contributed by atoms with E-state index in [-0.39, 0.29) is 68.7 Å². The van der Waals surface area contributed by atoms with Crippen LogP contribution in [-0.4, -0.2) is 86.5 Å². The smallest absolute Gasteiger partial charge is 0.269 e. The summed E-state index contributed by atoms with van der Waals surface area (Å²) in [4.78, 5) is 62.5. The van der Waals surface area contributed by atoms with Crippen molar-refractivity contribution in [2.75, 3.05) is 26.4 Å². The van der Waals surface area contributed by atoms with Crippen LogP contribution in [0.4, 0.5) is 0 Å². The van der Waals surface area contributed by atoms with Gasteiger partial charge in [-0.15, -0.1) is 0 Å². The van der Waals surface area contributed by atoms with E-state index in [1.165, 1.54) is 12.1 Å². The number of piperidine rings is 1. The van der Waals surface area contributed by atoms with Crippen LogP contribution in [-0.2, 0) is 32.2 Å². The maximum atomic E-state index is 13.0. The highest BCUT2D eigenvalue weighted by atomic mass is 35.5. The Kier molecular flexibility index (Phi) is 10.7. The number of fused-ring (bicyclic) bond motifs is 1. The monoisotopic (exact) mass is 728 g/mol. The highest BCUT2D eigenvalue weighted by Gasteiger charge is 2.44. The van der Waals surface area contributed by atoms with Gasteiger partial charge in [0.15, 0.2) is 0 Å². The van der Waals surface area contributed by atoms with E-state index in [1.54, 1.807) is 39.7 Å². The summed E-state index contributed by atoms with van der Waals surface area (Å²) in [6.45, 7) is 3.31. The van der Waals surface area contributed by atoms with Crippen LogP contribution in [0.25, 0.3) is 11.3 Å². The molecule has 4 aromatic rings. The Morgan fingerprint density at radius 3 is 2.54 bits per heavy atom. The number of nitrogens with two attached hydrogens (primary N) is 1. The van der Waals surface area contributed by atoms with E-state index in [2.05, 4.69) is 15.5 Å². The number of hydrogen-bond donors (Lipinski definition) is 2. The highest BCUT2D eigenvalue weighted by Crippen LogP contribution is 2.30. The largest absolute Gasteiger partial charge is 0.491 e. The van der Waals surface area contributed by atoms with Gasteiger partial charge in [0.05, 0.1) is 72.1 Å². The molecule has 3 N–H and O–H groups in total. The summed E-state index contributed by atoms with van der Waals surface area (Å²) in [7, 11) is 0. The zero-order chi connectivity index (χ0) is 36.9. The number of ether oxygens (including phenoxy) is 3. The average Bonchev–Trinajstić information content (AvgIpc) is 3.83. The minimum absolute atomic E-state index is 0.0391. The summed E-state index contributed by atoms with van der Waals surface area (Å²) < 4.78 is 20.5. The van der Waals surface area contributed by atoms with Gasteiger partial charge in [-0.05, 0) is 55.8 Å². The number of primary amides is 1. The number of nitriles is 1. The van der Waals surface area contributed by atoms with Crippen LogP contribution < -0.4 is 15.8 Å². The summed E-state index contributed by atoms with van der Waals surface area (Å²) in [6.07, 6.45) is 1.93. The number of nitrogens with zero attached hydrogens (tertiary/aromatic N) is 6. The van der Waals surface area contributed by atoms with Gasteiger partial charge >= 0.3 is 0 Å². The van der Waals surface area contributed by atoms with Gasteiger partial charge in [0.25, 0.3) is 17.7 Å². The molecule has 16 nitrogen and oxygen atoms in total. The lowest BCUT2D eigenvalue weighted by Gasteiger charge is -2.27. The summed E-state index contributed by atoms with van der Waals surface area (Å²) >= 11 is 6.19. The third-order valence-corrected chi connectivity index (χ3v) is 8.80. The van der Waals surface area contributed by atoms with E-state index >= 15 is 0 Å². The molecule has 0 aliphatic carbocycles. The molecule has 1 saturated heterocycles. The number of benzene rings is 2. The highest BCUT2D eigenvalue weighted by molar-refractivity contribution is 6.32. The van der Waals surface area contributed by atoms with Crippen LogP contribution in [0.1, 0.15) is 68.3 Å². The summed E-state index contributed by atoms with van der Waals surface area (Å²) in [6, 6.07) is 13.8. The van der Waals surface area contributed by atoms with Crippen LogP contribution >= 0.6 is 11.6 Å². The number of amides is 5. The first kappa shape index (κ1) is 35.9. The normalized spacial score (nSPS) is 16.1. The molecule has 0 bridgehead atoms. The van der Waals surface area contributed by atoms with Crippen molar-refractivity contribution in [1.82, 2.24) is 29.8 Å². The van der Waals surface area contributed by atoms with Crippen LogP contribution in [0.15, 0.2) is 54.7 Å². The van der Waals surface area contributed by atoms with E-state index in [0.29, 0.717) is 34.3 Å². The van der Waals surface area contributed by atoms with Crippen molar-refractivity contribution in [2.24, 2.45) is 5.73 Å². The number of carbonyl (C=O) groups excluding carboxylic acids is 5. The van der Waals surface area contributed by atoms with Crippen LogP contribution in [0.2, 0.25) is 5.02 Å². The number of halogens is 1. The van der Waals surface area contributed by atoms with Crippen molar-refractivity contribution >= 4 is 41.1 Å². The molecule has 6 rings (SSSR count). The summed E-state index contributed by atoms with van der Waals surface area (Å²) in [5.74, 6) is -2.64. The number of hydrogen-bond acceptors (Lipinski definition) is 11. The van der Waals surface area contributed by atoms with Crippen molar-refractivity contribution in [1.29, 1.82) is 5.26 Å². The molecule has 2 aromatic heterocycles. The zero-order valence-corrected chi connectivity index (χ0v) is 28.7. The Morgan fingerprint density at radius 1 is 1.02 bits per heavy atom. The lowest BCUT2D eigenvalue weighted by atomic mass is 10.0. The quantitative estimate of drug-likeness (QED) is 0.134. The molecule has 5 amide bonds. The molecule has 17 heteroatoms. The molecule has 52 heavy (non-hydrogen) atoms. The molecule has 1 unspecified atom stereocenters. The van der Waals surface area contributed by atoms with E-state index in [4.69, 9.17) is 36.8 Å². The van der Waals surface area contributed by atoms with Crippen LogP contribution in [0.5, 0.6) is 5.75 Å². The van der Waals surface area contributed by atoms with E-state index < -0.39 is 35.6 Å². The van der Waals surface area contributed by atoms with Gasteiger partial charge in [0.1, 0.15) is 30.2 Å². The molecule has 1 fully saturated rings. The lowest BCUT2D eigenvalue weighted by molar-refractivity contribution is -0.136. The summed E-state index contributed by atoms with van der Waals surface area (Å²) in [5.41, 5.74) is 8.37. The van der Waals surface area contributed by atoms with Gasteiger partial charge < -0.3 is 19.9 Å². The van der Waals surface area contributed by atoms with Crippen molar-refractivity contribution in [3.05, 3.63) is 87.8 Å². The van der Waals surface area contributed by atoms with E-state index in [1.807, 2.05) is 25.3 Å². The first-order valence-electron chi connectivity index (χ1n) is 16.3. The lowest BCUT2D eigenvalue weighted by Crippen LogP contribution is -2.54. The maximum Gasteiger partial charge on any atom is 0.269 e. The van der Waals surface area contributed by atoms with E-state index in [9.17, 15) is 24.0 Å². The van der Waals surface area contributed by atoms with Crippen LogP contribution in [0.3, 0.4) is 0 Å². The zero-order valence-electron chi connectivity index (χ0n) is 27.9. The molecule has 0 radical (unpaired) electrons. The molecule has 2 aliphatic heterocycles. The number of imide groups is 2. The second kappa shape index (κ2) is 15.6. The van der Waals surface area contributed by atoms with Gasteiger partial charge in [-0.25, -0.2) is 0 Å². The van der Waals surface area contributed by atoms with E-state index in [0.717, 1.165) is 10.5 Å². The summed E-state index contributed by atoms with van der Waals surface area (Å²) in [5, 5.41) is 20.7. The maximum absolute atomic E-state index is 13.0. The van der Waals surface area contributed by atoms with Crippen molar-refractivity contribution < 1.29 is 38.2 Å². The molecule has 268 valence electrons. The topological polar surface area (TPSA) is 214 Å². The fraction of sp³-hybridized carbons (Fsp3) is 0.314. The van der Waals surface area contributed by atoms with Crippen LogP contribution in [0, 0.1) is 11.3 Å². The predicted molar refractivity (Wildman–Crippen MR) is 182 cm³/mol. The molecule has 0 spiro atoms. The fourth-order valence-corrected chi connectivity index (χ4v) is 6.15. The van der Waals surface area contributed by atoms with Crippen molar-refractivity contribution in [2.45, 2.75) is 45.0 Å². The van der Waals surface area contributed by atoms with Gasteiger partial charge in [0, 0.05) is 18.2 Å². The Balaban J connectivity index is 0.954. The first-order valence-corrected chi connectivity index (χ1v) is 16.7. The minimum atomic E-state index is -1.04. The average molecular weight is 729 g/mol. The number of aromatic nitrogens is 4. The minimum Gasteiger partial charge on any atom is -0.491 e. The second-order valence-electron chi connectivity index (χ2n) is 12.1. The molecule has 2 aliphatic rings. The van der Waals surface area contributed by atoms with Gasteiger partial charge in [-0.2, -0.15) is 15.5 Å². The Labute approximate surface area is 302 Å². The third-order valence-electron chi connectivity index (χ3n) is 8.49. The Bertz CT molecular complexity index is 2100. The Hall–Kier alpha value is -5.89. The molecular weight excluding hydrogens is 696 g/mol. The van der Waals surface area contributed by atoms with Gasteiger partial charge in [-0.3, -0.25) is 43.6 Å². The van der Waals surface area contributed by atoms with Crippen molar-refractivity contribution in [3.8, 4) is 23.1 Å². The molecular formula is C35H33ClN8O8. The standard InChI is InChI=1S/C35H33ClN8O8/c1-20(18-42-9-8-28(40-42)21-2-3-22(17-37)27(36)14-21)44-23(15-29(41-44)32(38)46)19-51-11-10-50-12-13-52-24-4-5-25-26(16-24)35(49)43(34(25)48)30-6-7-31(45)39-33(30)47/h2-5,8-9,14-16,20,30H,6-7,10-13,18-19H2,1H3,(H2,38,46)(H,39,45,47)/t20-,30?/m1/s1.